The van der Waals surface area contributed by atoms with Crippen LogP contribution >= 0.6 is 0 Å². The van der Waals surface area contributed by atoms with E-state index >= 15 is 0 Å². The number of anilines is 2. The van der Waals surface area contributed by atoms with Crippen molar-refractivity contribution < 1.29 is 18.3 Å². The number of nitriles is 1. The molecule has 27 heavy (non-hydrogen) atoms. The number of aliphatic hydroxyl groups excluding tert-OH is 1. The Morgan fingerprint density at radius 1 is 1.33 bits per heavy atom. The Morgan fingerprint density at radius 3 is 2.67 bits per heavy atom. The first-order valence-corrected chi connectivity index (χ1v) is 9.89. The SMILES string of the molecule is N#Cc1cnc(Nc2ccc(S(N)(=O)=O)cc2)nc1OC[C@H]1CCC[C@H]1O. The average Bonchev–Trinajstić information content (AvgIpc) is 3.05. The smallest absolute Gasteiger partial charge is 0.238 e. The zero-order valence-corrected chi connectivity index (χ0v) is 15.2. The molecule has 1 saturated carbocycles. The van der Waals surface area contributed by atoms with Crippen LogP contribution in [0.15, 0.2) is 35.4 Å². The van der Waals surface area contributed by atoms with Gasteiger partial charge in [-0.15, -0.1) is 0 Å². The topological polar surface area (TPSA) is 151 Å². The summed E-state index contributed by atoms with van der Waals surface area (Å²) in [4.78, 5) is 8.25. The molecule has 1 aromatic heterocycles. The largest absolute Gasteiger partial charge is 0.476 e. The summed E-state index contributed by atoms with van der Waals surface area (Å²) in [5.74, 6) is 0.350. The van der Waals surface area contributed by atoms with Crippen LogP contribution in [0.5, 0.6) is 5.88 Å². The second-order valence-corrected chi connectivity index (χ2v) is 7.85. The molecule has 142 valence electrons. The number of nitrogens with zero attached hydrogens (tertiary/aromatic N) is 3. The molecule has 0 amide bonds. The number of rotatable bonds is 6. The predicted octanol–water partition coefficient (Wildman–Crippen LogP) is 1.28. The van der Waals surface area contributed by atoms with Gasteiger partial charge in [0, 0.05) is 11.6 Å². The Hall–Kier alpha value is -2.74. The quantitative estimate of drug-likeness (QED) is 0.668. The Bertz CT molecular complexity index is 956. The highest BCUT2D eigenvalue weighted by molar-refractivity contribution is 7.89. The zero-order valence-electron chi connectivity index (χ0n) is 14.4. The van der Waals surface area contributed by atoms with Crippen LogP contribution in [0.1, 0.15) is 24.8 Å². The van der Waals surface area contributed by atoms with E-state index in [4.69, 9.17) is 9.88 Å². The lowest BCUT2D eigenvalue weighted by Gasteiger charge is -2.15. The van der Waals surface area contributed by atoms with E-state index in [0.29, 0.717) is 5.69 Å². The number of nitrogens with one attached hydrogen (secondary N) is 1. The molecular formula is C17H19N5O4S. The van der Waals surface area contributed by atoms with Crippen LogP contribution in [0.3, 0.4) is 0 Å². The van der Waals surface area contributed by atoms with Crippen molar-refractivity contribution in [2.45, 2.75) is 30.3 Å². The summed E-state index contributed by atoms with van der Waals surface area (Å²) >= 11 is 0. The van der Waals surface area contributed by atoms with Crippen LogP contribution in [-0.4, -0.2) is 36.2 Å². The third kappa shape index (κ3) is 4.71. The van der Waals surface area contributed by atoms with E-state index in [9.17, 15) is 18.8 Å². The first-order chi connectivity index (χ1) is 12.9. The van der Waals surface area contributed by atoms with Gasteiger partial charge in [-0.2, -0.15) is 10.2 Å². The minimum absolute atomic E-state index is 0.00654. The number of ether oxygens (including phenoxy) is 1. The molecule has 1 aliphatic rings. The molecule has 1 aliphatic carbocycles. The van der Waals surface area contributed by atoms with Crippen LogP contribution in [0.25, 0.3) is 0 Å². The molecule has 0 unspecified atom stereocenters. The Morgan fingerprint density at radius 2 is 2.07 bits per heavy atom. The number of aromatic nitrogens is 2. The molecule has 0 bridgehead atoms. The second-order valence-electron chi connectivity index (χ2n) is 6.29. The second kappa shape index (κ2) is 7.87. The highest BCUT2D eigenvalue weighted by Crippen LogP contribution is 2.27. The maximum absolute atomic E-state index is 11.3. The van der Waals surface area contributed by atoms with E-state index in [1.807, 2.05) is 6.07 Å². The lowest BCUT2D eigenvalue weighted by Crippen LogP contribution is -2.21. The van der Waals surface area contributed by atoms with E-state index in [-0.39, 0.29) is 34.8 Å². The Labute approximate surface area is 156 Å². The fourth-order valence-electron chi connectivity index (χ4n) is 2.87. The molecule has 10 heteroatoms. The Kier molecular flexibility index (Phi) is 5.55. The van der Waals surface area contributed by atoms with Crippen molar-refractivity contribution in [3.05, 3.63) is 36.0 Å². The summed E-state index contributed by atoms with van der Waals surface area (Å²) in [5.41, 5.74) is 0.738. The molecule has 4 N–H and O–H groups in total. The lowest BCUT2D eigenvalue weighted by atomic mass is 10.1. The van der Waals surface area contributed by atoms with E-state index in [2.05, 4.69) is 15.3 Å². The number of hydrogen-bond donors (Lipinski definition) is 3. The van der Waals surface area contributed by atoms with Crippen LogP contribution in [0.2, 0.25) is 0 Å². The lowest BCUT2D eigenvalue weighted by molar-refractivity contribution is 0.0969. The molecule has 2 atom stereocenters. The van der Waals surface area contributed by atoms with Gasteiger partial charge < -0.3 is 15.2 Å². The standard InChI is InChI=1S/C17H19N5O4S/c18-8-12-9-20-17(21-13-4-6-14(7-5-13)27(19,24)25)22-16(12)26-10-11-2-1-3-15(11)23/h4-7,9,11,15,23H,1-3,10H2,(H2,19,24,25)(H,20,21,22)/t11-,15-/m1/s1. The highest BCUT2D eigenvalue weighted by Gasteiger charge is 2.26. The van der Waals surface area contributed by atoms with Gasteiger partial charge >= 0.3 is 0 Å². The summed E-state index contributed by atoms with van der Waals surface area (Å²) in [6, 6.07) is 7.75. The monoisotopic (exact) mass is 389 g/mol. The molecule has 1 heterocycles. The van der Waals surface area contributed by atoms with Crippen molar-refractivity contribution in [3.63, 3.8) is 0 Å². The van der Waals surface area contributed by atoms with Crippen molar-refractivity contribution in [2.24, 2.45) is 11.1 Å². The molecule has 0 aliphatic heterocycles. The highest BCUT2D eigenvalue weighted by atomic mass is 32.2. The average molecular weight is 389 g/mol. The number of primary sulfonamides is 1. The van der Waals surface area contributed by atoms with Gasteiger partial charge in [0.05, 0.1) is 23.8 Å². The Balaban J connectivity index is 1.73. The van der Waals surface area contributed by atoms with E-state index < -0.39 is 16.1 Å². The van der Waals surface area contributed by atoms with Gasteiger partial charge in [-0.25, -0.2) is 18.5 Å². The minimum Gasteiger partial charge on any atom is -0.476 e. The first-order valence-electron chi connectivity index (χ1n) is 8.34. The maximum Gasteiger partial charge on any atom is 0.238 e. The molecular weight excluding hydrogens is 370 g/mol. The molecule has 0 spiro atoms. The summed E-state index contributed by atoms with van der Waals surface area (Å²) in [6.45, 7) is 0.273. The third-order valence-electron chi connectivity index (χ3n) is 4.37. The number of sulfonamides is 1. The molecule has 3 rings (SSSR count). The van der Waals surface area contributed by atoms with Gasteiger partial charge in [0.25, 0.3) is 0 Å². The van der Waals surface area contributed by atoms with Gasteiger partial charge in [-0.3, -0.25) is 0 Å². The molecule has 2 aromatic rings. The molecule has 0 saturated heterocycles. The summed E-state index contributed by atoms with van der Waals surface area (Å²) < 4.78 is 28.2. The number of nitrogens with two attached hydrogens (primary N) is 1. The van der Waals surface area contributed by atoms with Gasteiger partial charge in [0.2, 0.25) is 21.9 Å². The summed E-state index contributed by atoms with van der Waals surface area (Å²) in [7, 11) is -3.76. The van der Waals surface area contributed by atoms with Crippen molar-refractivity contribution in [2.75, 3.05) is 11.9 Å². The van der Waals surface area contributed by atoms with Gasteiger partial charge in [-0.05, 0) is 37.1 Å². The van der Waals surface area contributed by atoms with E-state index in [0.717, 1.165) is 19.3 Å². The number of aliphatic hydroxyl groups is 1. The van der Waals surface area contributed by atoms with Crippen molar-refractivity contribution in [1.29, 1.82) is 5.26 Å². The minimum atomic E-state index is -3.76. The van der Waals surface area contributed by atoms with E-state index in [1.165, 1.54) is 30.5 Å². The van der Waals surface area contributed by atoms with Crippen molar-refractivity contribution in [3.8, 4) is 11.9 Å². The normalized spacial score (nSPS) is 19.4. The van der Waals surface area contributed by atoms with Crippen LogP contribution in [0, 0.1) is 17.2 Å². The summed E-state index contributed by atoms with van der Waals surface area (Å²) in [5, 5.41) is 27.1. The molecule has 0 radical (unpaired) electrons. The van der Waals surface area contributed by atoms with Gasteiger partial charge in [-0.1, -0.05) is 6.42 Å². The summed E-state index contributed by atoms with van der Waals surface area (Å²) in [6.07, 6.45) is 3.52. The fraction of sp³-hybridized carbons (Fsp3) is 0.353. The molecule has 9 nitrogen and oxygen atoms in total. The number of hydrogen-bond acceptors (Lipinski definition) is 8. The predicted molar refractivity (Wildman–Crippen MR) is 96.7 cm³/mol. The molecule has 1 aromatic carbocycles. The van der Waals surface area contributed by atoms with E-state index in [1.54, 1.807) is 0 Å². The third-order valence-corrected chi connectivity index (χ3v) is 5.30. The fourth-order valence-corrected chi connectivity index (χ4v) is 3.38. The number of benzene rings is 1. The van der Waals surface area contributed by atoms with Crippen LogP contribution in [0.4, 0.5) is 11.6 Å². The first kappa shape index (κ1) is 19.0. The van der Waals surface area contributed by atoms with Gasteiger partial charge in [0.15, 0.2) is 0 Å². The molecule has 1 fully saturated rings. The van der Waals surface area contributed by atoms with Crippen LogP contribution in [-0.2, 0) is 10.0 Å². The van der Waals surface area contributed by atoms with Gasteiger partial charge in [0.1, 0.15) is 11.6 Å². The van der Waals surface area contributed by atoms with Crippen molar-refractivity contribution in [1.82, 2.24) is 9.97 Å². The van der Waals surface area contributed by atoms with Crippen LogP contribution < -0.4 is 15.2 Å². The van der Waals surface area contributed by atoms with Crippen molar-refractivity contribution >= 4 is 21.7 Å². The maximum atomic E-state index is 11.3. The zero-order chi connectivity index (χ0) is 19.4.